The molecule has 0 aromatic carbocycles. The fraction of sp³-hybridized carbons (Fsp3) is 1.00. The van der Waals surface area contributed by atoms with Gasteiger partial charge in [-0.2, -0.15) is 0 Å². The van der Waals surface area contributed by atoms with Gasteiger partial charge < -0.3 is 0 Å². The molecule has 0 nitrogen and oxygen atoms in total. The largest absolute Gasteiger partial charge is 0.0622 e. The van der Waals surface area contributed by atoms with Crippen molar-refractivity contribution in [2.75, 3.05) is 0 Å². The zero-order valence-corrected chi connectivity index (χ0v) is 17.9. The van der Waals surface area contributed by atoms with Crippen molar-refractivity contribution in [3.8, 4) is 0 Å². The monoisotopic (exact) mass is 344 g/mol. The first-order valence-electron chi connectivity index (χ1n) is 11.8. The Bertz CT molecular complexity index is 480. The number of fused-ring (bicyclic) bond motifs is 4. The summed E-state index contributed by atoms with van der Waals surface area (Å²) in [5.41, 5.74) is 0.683. The van der Waals surface area contributed by atoms with Crippen LogP contribution in [-0.2, 0) is 0 Å². The van der Waals surface area contributed by atoms with Crippen LogP contribution in [0, 0.1) is 64.6 Å². The molecule has 0 aliphatic heterocycles. The van der Waals surface area contributed by atoms with Gasteiger partial charge in [-0.15, -0.1) is 0 Å². The van der Waals surface area contributed by atoms with Crippen LogP contribution in [0.15, 0.2) is 0 Å². The molecule has 0 N–H and O–H groups in total. The summed E-state index contributed by atoms with van der Waals surface area (Å²) in [6, 6.07) is 0. The van der Waals surface area contributed by atoms with Crippen molar-refractivity contribution in [1.82, 2.24) is 0 Å². The highest BCUT2D eigenvalue weighted by molar-refractivity contribution is 5.04. The summed E-state index contributed by atoms with van der Waals surface area (Å²) in [6.45, 7) is 15.6. The first kappa shape index (κ1) is 18.4. The molecule has 4 fully saturated rings. The van der Waals surface area contributed by atoms with Crippen molar-refractivity contribution in [2.45, 2.75) is 92.9 Å². The van der Waals surface area contributed by atoms with Crippen molar-refractivity contribution in [1.29, 1.82) is 0 Å². The zero-order chi connectivity index (χ0) is 17.9. The van der Waals surface area contributed by atoms with E-state index in [-0.39, 0.29) is 0 Å². The fourth-order valence-corrected chi connectivity index (χ4v) is 8.61. The third kappa shape index (κ3) is 2.84. The Balaban J connectivity index is 1.60. The standard InChI is InChI=1S/C25H44/c1-15-13-20-8-9-22-21(19(5)23(20)14-16(2)18(15)4)11-12-25(6)17(3)7-10-24(22)25/h15-24H,7-14H2,1-6H3. The minimum atomic E-state index is 0.683. The summed E-state index contributed by atoms with van der Waals surface area (Å²) in [5, 5.41) is 0. The van der Waals surface area contributed by atoms with E-state index in [1.165, 1.54) is 25.7 Å². The number of hydrogen-bond acceptors (Lipinski definition) is 0. The maximum Gasteiger partial charge on any atom is -0.0269 e. The second-order valence-corrected chi connectivity index (χ2v) is 11.6. The van der Waals surface area contributed by atoms with Crippen LogP contribution < -0.4 is 0 Å². The number of rotatable bonds is 0. The van der Waals surface area contributed by atoms with Gasteiger partial charge in [0.2, 0.25) is 0 Å². The molecule has 11 unspecified atom stereocenters. The molecular weight excluding hydrogens is 300 g/mol. The predicted octanol–water partition coefficient (Wildman–Crippen LogP) is 7.43. The van der Waals surface area contributed by atoms with E-state index >= 15 is 0 Å². The van der Waals surface area contributed by atoms with E-state index in [9.17, 15) is 0 Å². The number of hydrogen-bond donors (Lipinski definition) is 0. The Morgan fingerprint density at radius 2 is 1.36 bits per heavy atom. The Morgan fingerprint density at radius 1 is 0.640 bits per heavy atom. The molecule has 0 heteroatoms. The van der Waals surface area contributed by atoms with Crippen molar-refractivity contribution < 1.29 is 0 Å². The highest BCUT2D eigenvalue weighted by Gasteiger charge is 2.55. The Kier molecular flexibility index (Phi) is 4.82. The molecule has 4 aliphatic rings. The first-order chi connectivity index (χ1) is 11.8. The molecule has 0 heterocycles. The normalized spacial score (nSPS) is 59.3. The molecule has 0 spiro atoms. The zero-order valence-electron chi connectivity index (χ0n) is 17.9. The molecule has 0 radical (unpaired) electrons. The van der Waals surface area contributed by atoms with Gasteiger partial charge in [-0.25, -0.2) is 0 Å². The van der Waals surface area contributed by atoms with Crippen molar-refractivity contribution in [3.05, 3.63) is 0 Å². The van der Waals surface area contributed by atoms with E-state index in [4.69, 9.17) is 0 Å². The Labute approximate surface area is 157 Å². The van der Waals surface area contributed by atoms with E-state index in [0.717, 1.165) is 59.2 Å². The third-order valence-corrected chi connectivity index (χ3v) is 10.9. The minimum Gasteiger partial charge on any atom is -0.0622 e. The lowest BCUT2D eigenvalue weighted by molar-refractivity contribution is -0.0113. The molecule has 0 aromatic rings. The SMILES string of the molecule is CC1CC2CCC3C(CCC4(C)C(C)CCC34)C(C)C2CC(C)C1C. The van der Waals surface area contributed by atoms with Gasteiger partial charge in [0.05, 0.1) is 0 Å². The lowest BCUT2D eigenvalue weighted by Gasteiger charge is -2.50. The van der Waals surface area contributed by atoms with Gasteiger partial charge in [0.15, 0.2) is 0 Å². The summed E-state index contributed by atoms with van der Waals surface area (Å²) in [5.74, 6) is 10.00. The quantitative estimate of drug-likeness (QED) is 0.428. The van der Waals surface area contributed by atoms with Gasteiger partial charge in [0.1, 0.15) is 0 Å². The van der Waals surface area contributed by atoms with Crippen LogP contribution in [0.5, 0.6) is 0 Å². The predicted molar refractivity (Wildman–Crippen MR) is 108 cm³/mol. The van der Waals surface area contributed by atoms with Crippen LogP contribution >= 0.6 is 0 Å². The molecular formula is C25H44. The van der Waals surface area contributed by atoms with E-state index in [1.807, 2.05) is 0 Å². The van der Waals surface area contributed by atoms with Gasteiger partial charge in [-0.1, -0.05) is 41.5 Å². The second kappa shape index (κ2) is 6.56. The van der Waals surface area contributed by atoms with Crippen LogP contribution in [0.2, 0.25) is 0 Å². The highest BCUT2D eigenvalue weighted by Crippen LogP contribution is 2.63. The van der Waals surface area contributed by atoms with Crippen molar-refractivity contribution in [2.24, 2.45) is 64.6 Å². The Hall–Kier alpha value is 0. The molecule has 25 heavy (non-hydrogen) atoms. The van der Waals surface area contributed by atoms with E-state index < -0.39 is 0 Å². The molecule has 0 bridgehead atoms. The van der Waals surface area contributed by atoms with E-state index in [1.54, 1.807) is 25.7 Å². The molecule has 4 rings (SSSR count). The lowest BCUT2D eigenvalue weighted by Crippen LogP contribution is -2.43. The van der Waals surface area contributed by atoms with Crippen molar-refractivity contribution >= 4 is 0 Å². The highest BCUT2D eigenvalue weighted by atomic mass is 14.6. The average Bonchev–Trinajstić information content (AvgIpc) is 2.76. The van der Waals surface area contributed by atoms with Gasteiger partial charge in [-0.3, -0.25) is 0 Å². The average molecular weight is 345 g/mol. The molecule has 4 aliphatic carbocycles. The topological polar surface area (TPSA) is 0 Å². The molecule has 0 aromatic heterocycles. The first-order valence-corrected chi connectivity index (χ1v) is 11.8. The van der Waals surface area contributed by atoms with E-state index in [2.05, 4.69) is 41.5 Å². The third-order valence-electron chi connectivity index (χ3n) is 10.9. The van der Waals surface area contributed by atoms with Crippen LogP contribution in [0.4, 0.5) is 0 Å². The van der Waals surface area contributed by atoms with Crippen LogP contribution in [0.3, 0.4) is 0 Å². The lowest BCUT2D eigenvalue weighted by atomic mass is 9.55. The van der Waals surface area contributed by atoms with Gasteiger partial charge in [0, 0.05) is 0 Å². The summed E-state index contributed by atoms with van der Waals surface area (Å²) < 4.78 is 0. The van der Waals surface area contributed by atoms with Gasteiger partial charge in [-0.05, 0) is 116 Å². The maximum absolute atomic E-state index is 2.69. The fourth-order valence-electron chi connectivity index (χ4n) is 8.61. The maximum atomic E-state index is 2.69. The van der Waals surface area contributed by atoms with E-state index in [0.29, 0.717) is 5.41 Å². The van der Waals surface area contributed by atoms with Crippen LogP contribution in [-0.4, -0.2) is 0 Å². The summed E-state index contributed by atoms with van der Waals surface area (Å²) in [4.78, 5) is 0. The molecule has 0 saturated heterocycles. The molecule has 0 amide bonds. The van der Waals surface area contributed by atoms with Crippen LogP contribution in [0.1, 0.15) is 92.9 Å². The summed E-state index contributed by atoms with van der Waals surface area (Å²) >= 11 is 0. The second-order valence-electron chi connectivity index (χ2n) is 11.6. The summed E-state index contributed by atoms with van der Waals surface area (Å²) in [7, 11) is 0. The molecule has 11 atom stereocenters. The Morgan fingerprint density at radius 3 is 2.12 bits per heavy atom. The van der Waals surface area contributed by atoms with Gasteiger partial charge in [0.25, 0.3) is 0 Å². The molecule has 144 valence electrons. The molecule has 4 saturated carbocycles. The minimum absolute atomic E-state index is 0.683. The van der Waals surface area contributed by atoms with Gasteiger partial charge >= 0.3 is 0 Å². The van der Waals surface area contributed by atoms with Crippen molar-refractivity contribution in [3.63, 3.8) is 0 Å². The summed E-state index contributed by atoms with van der Waals surface area (Å²) in [6.07, 6.45) is 12.3. The van der Waals surface area contributed by atoms with Crippen LogP contribution in [0.25, 0.3) is 0 Å². The smallest absolute Gasteiger partial charge is 0.0269 e.